The van der Waals surface area contributed by atoms with Crippen LogP contribution in [0.25, 0.3) is 23.0 Å². The number of halogens is 1. The maximum absolute atomic E-state index is 5.85. The van der Waals surface area contributed by atoms with Crippen molar-refractivity contribution in [1.82, 2.24) is 20.2 Å². The Morgan fingerprint density at radius 3 is 2.61 bits per heavy atom. The lowest BCUT2D eigenvalue weighted by Gasteiger charge is -2.06. The van der Waals surface area contributed by atoms with Crippen LogP contribution in [-0.4, -0.2) is 25.5 Å². The van der Waals surface area contributed by atoms with Crippen LogP contribution in [0.2, 0.25) is 0 Å². The van der Waals surface area contributed by atoms with Gasteiger partial charge in [-0.1, -0.05) is 28.1 Å². The van der Waals surface area contributed by atoms with Crippen molar-refractivity contribution in [2.75, 3.05) is 11.1 Å². The van der Waals surface area contributed by atoms with E-state index in [9.17, 15) is 0 Å². The maximum Gasteiger partial charge on any atom is 0.268 e. The number of hydrogen-bond acceptors (Lipinski definition) is 7. The molecule has 7 nitrogen and oxygen atoms in total. The molecule has 2 aromatic heterocycles. The molecule has 1 aromatic carbocycles. The number of nitrogens with two attached hydrogens (primary N) is 2. The normalized spacial score (nSPS) is 10.9. The van der Waals surface area contributed by atoms with Crippen molar-refractivity contribution in [3.05, 3.63) is 41.7 Å². The minimum atomic E-state index is 0.292. The summed E-state index contributed by atoms with van der Waals surface area (Å²) < 4.78 is 5.71. The molecule has 0 aliphatic heterocycles. The van der Waals surface area contributed by atoms with Gasteiger partial charge in [0.05, 0.1) is 12.4 Å². The Kier molecular flexibility index (Phi) is 4.63. The molecular weight excluding hydrogens is 360 g/mol. The molecule has 118 valence electrons. The number of rotatable bonds is 5. The highest BCUT2D eigenvalue weighted by atomic mass is 79.9. The lowest BCUT2D eigenvalue weighted by atomic mass is 10.0. The predicted molar refractivity (Wildman–Crippen MR) is 90.6 cm³/mol. The van der Waals surface area contributed by atoms with E-state index in [2.05, 4.69) is 42.2 Å². The largest absolute Gasteiger partial charge is 0.415 e. The molecule has 0 radical (unpaired) electrons. The van der Waals surface area contributed by atoms with E-state index in [1.54, 1.807) is 0 Å². The van der Waals surface area contributed by atoms with Crippen LogP contribution in [0.1, 0.15) is 11.1 Å². The third kappa shape index (κ3) is 3.38. The molecular formula is C15H15BrN6O. The standard InChI is InChI=1S/C15H15BrN6O/c16-4-3-9-1-2-11(10(5-9)6-17)14-21-22-15(23-14)12-7-20-13(18)8-19-12/h1-2,5,7-8H,3-4,6,17H2,(H2,18,20). The summed E-state index contributed by atoms with van der Waals surface area (Å²) in [6.07, 6.45) is 3.87. The summed E-state index contributed by atoms with van der Waals surface area (Å²) in [5.41, 5.74) is 14.8. The Bertz CT molecular complexity index is 802. The third-order valence-corrected chi connectivity index (χ3v) is 3.72. The number of alkyl halides is 1. The molecule has 0 aliphatic carbocycles. The topological polar surface area (TPSA) is 117 Å². The Morgan fingerprint density at radius 2 is 1.91 bits per heavy atom. The summed E-state index contributed by atoms with van der Waals surface area (Å²) in [6, 6.07) is 6.04. The van der Waals surface area contributed by atoms with Crippen LogP contribution in [0.5, 0.6) is 0 Å². The zero-order valence-electron chi connectivity index (χ0n) is 12.2. The van der Waals surface area contributed by atoms with Gasteiger partial charge in [-0.15, -0.1) is 10.2 Å². The average Bonchev–Trinajstić information content (AvgIpc) is 3.05. The Balaban J connectivity index is 1.95. The summed E-state index contributed by atoms with van der Waals surface area (Å²) in [4.78, 5) is 8.09. The first-order valence-corrected chi connectivity index (χ1v) is 8.13. The van der Waals surface area contributed by atoms with Gasteiger partial charge in [-0.3, -0.25) is 0 Å². The number of anilines is 1. The van der Waals surface area contributed by atoms with Crippen LogP contribution in [0.3, 0.4) is 0 Å². The summed E-state index contributed by atoms with van der Waals surface area (Å²) in [6.45, 7) is 0.394. The van der Waals surface area contributed by atoms with Crippen LogP contribution in [0, 0.1) is 0 Å². The fourth-order valence-corrected chi connectivity index (χ4v) is 2.63. The number of aryl methyl sites for hydroxylation is 1. The first-order chi connectivity index (χ1) is 11.2. The van der Waals surface area contributed by atoms with Crippen LogP contribution >= 0.6 is 15.9 Å². The molecule has 8 heteroatoms. The second kappa shape index (κ2) is 6.84. The summed E-state index contributed by atoms with van der Waals surface area (Å²) in [5, 5.41) is 9.01. The van der Waals surface area contributed by atoms with Crippen molar-refractivity contribution >= 4 is 21.7 Å². The van der Waals surface area contributed by atoms with E-state index in [4.69, 9.17) is 15.9 Å². The van der Waals surface area contributed by atoms with Crippen molar-refractivity contribution in [3.63, 3.8) is 0 Å². The van der Waals surface area contributed by atoms with Gasteiger partial charge in [0.15, 0.2) is 0 Å². The van der Waals surface area contributed by atoms with Gasteiger partial charge >= 0.3 is 0 Å². The van der Waals surface area contributed by atoms with E-state index in [0.717, 1.165) is 22.9 Å². The van der Waals surface area contributed by atoms with E-state index < -0.39 is 0 Å². The van der Waals surface area contributed by atoms with Crippen molar-refractivity contribution in [1.29, 1.82) is 0 Å². The van der Waals surface area contributed by atoms with E-state index in [-0.39, 0.29) is 0 Å². The molecule has 0 saturated heterocycles. The van der Waals surface area contributed by atoms with Crippen LogP contribution < -0.4 is 11.5 Å². The number of benzene rings is 1. The van der Waals surface area contributed by atoms with Crippen LogP contribution in [0.4, 0.5) is 5.82 Å². The fraction of sp³-hybridized carbons (Fsp3) is 0.200. The monoisotopic (exact) mass is 374 g/mol. The molecule has 0 aliphatic rings. The Hall–Kier alpha value is -2.32. The number of nitrogens with zero attached hydrogens (tertiary/aromatic N) is 4. The zero-order valence-corrected chi connectivity index (χ0v) is 13.8. The predicted octanol–water partition coefficient (Wildman–Crippen LogP) is 2.17. The molecule has 0 fully saturated rings. The van der Waals surface area contributed by atoms with Crippen molar-refractivity contribution < 1.29 is 4.42 Å². The zero-order chi connectivity index (χ0) is 16.2. The van der Waals surface area contributed by atoms with Gasteiger partial charge in [-0.2, -0.15) is 0 Å². The van der Waals surface area contributed by atoms with E-state index >= 15 is 0 Å². The van der Waals surface area contributed by atoms with E-state index in [1.165, 1.54) is 18.0 Å². The maximum atomic E-state index is 5.85. The third-order valence-electron chi connectivity index (χ3n) is 3.32. The van der Waals surface area contributed by atoms with Gasteiger partial charge in [-0.05, 0) is 23.6 Å². The number of aromatic nitrogens is 4. The molecule has 3 aromatic rings. The molecule has 0 saturated carbocycles. The molecule has 3 rings (SSSR count). The molecule has 0 amide bonds. The average molecular weight is 375 g/mol. The van der Waals surface area contributed by atoms with Gasteiger partial charge in [0.2, 0.25) is 5.89 Å². The van der Waals surface area contributed by atoms with Crippen LogP contribution in [-0.2, 0) is 13.0 Å². The first-order valence-electron chi connectivity index (χ1n) is 7.01. The molecule has 0 atom stereocenters. The highest BCUT2D eigenvalue weighted by Gasteiger charge is 2.15. The van der Waals surface area contributed by atoms with Gasteiger partial charge in [0.25, 0.3) is 5.89 Å². The van der Waals surface area contributed by atoms with Crippen LogP contribution in [0.15, 0.2) is 35.0 Å². The smallest absolute Gasteiger partial charge is 0.268 e. The van der Waals surface area contributed by atoms with Gasteiger partial charge in [-0.25, -0.2) is 9.97 Å². The summed E-state index contributed by atoms with van der Waals surface area (Å²) >= 11 is 3.44. The molecule has 0 bridgehead atoms. The quantitative estimate of drug-likeness (QED) is 0.657. The second-order valence-corrected chi connectivity index (χ2v) is 5.67. The van der Waals surface area contributed by atoms with Gasteiger partial charge < -0.3 is 15.9 Å². The minimum Gasteiger partial charge on any atom is -0.415 e. The second-order valence-electron chi connectivity index (χ2n) is 4.87. The van der Waals surface area contributed by atoms with Gasteiger partial charge in [0, 0.05) is 17.4 Å². The molecule has 0 unspecified atom stereocenters. The highest BCUT2D eigenvalue weighted by Crippen LogP contribution is 2.26. The molecule has 2 heterocycles. The van der Waals surface area contributed by atoms with E-state index in [0.29, 0.717) is 29.8 Å². The first kappa shape index (κ1) is 15.6. The number of nitrogen functional groups attached to an aromatic ring is 1. The fourth-order valence-electron chi connectivity index (χ4n) is 2.17. The Labute approximate surface area is 141 Å². The molecule has 4 N–H and O–H groups in total. The molecule has 0 spiro atoms. The number of hydrogen-bond donors (Lipinski definition) is 2. The van der Waals surface area contributed by atoms with Crippen molar-refractivity contribution in [2.24, 2.45) is 5.73 Å². The minimum absolute atomic E-state index is 0.292. The van der Waals surface area contributed by atoms with Crippen molar-refractivity contribution in [2.45, 2.75) is 13.0 Å². The SMILES string of the molecule is NCc1cc(CCBr)ccc1-c1nnc(-c2cnc(N)cn2)o1. The van der Waals surface area contributed by atoms with E-state index in [1.807, 2.05) is 12.1 Å². The summed E-state index contributed by atoms with van der Waals surface area (Å²) in [5.74, 6) is 1.03. The van der Waals surface area contributed by atoms with Crippen molar-refractivity contribution in [3.8, 4) is 23.0 Å². The Morgan fingerprint density at radius 1 is 1.09 bits per heavy atom. The lowest BCUT2D eigenvalue weighted by molar-refractivity contribution is 0.581. The molecule has 23 heavy (non-hydrogen) atoms. The summed E-state index contributed by atoms with van der Waals surface area (Å²) in [7, 11) is 0. The van der Waals surface area contributed by atoms with Gasteiger partial charge in [0.1, 0.15) is 11.5 Å². The lowest BCUT2D eigenvalue weighted by Crippen LogP contribution is -2.01. The highest BCUT2D eigenvalue weighted by molar-refractivity contribution is 9.09.